The van der Waals surface area contributed by atoms with Crippen LogP contribution in [0.5, 0.6) is 0 Å². The van der Waals surface area contributed by atoms with Crippen LogP contribution in [0.3, 0.4) is 0 Å². The van der Waals surface area contributed by atoms with Crippen LogP contribution in [0.4, 0.5) is 5.69 Å². The summed E-state index contributed by atoms with van der Waals surface area (Å²) in [4.78, 5) is 2.07. The van der Waals surface area contributed by atoms with E-state index in [1.165, 1.54) is 5.56 Å². The molecule has 0 saturated heterocycles. The van der Waals surface area contributed by atoms with Crippen LogP contribution in [0, 0.1) is 0 Å². The van der Waals surface area contributed by atoms with Crippen molar-refractivity contribution >= 4 is 23.4 Å². The minimum Gasteiger partial charge on any atom is -0.327 e. The van der Waals surface area contributed by atoms with Gasteiger partial charge in [-0.1, -0.05) is 54.1 Å². The third kappa shape index (κ3) is 1.83. The van der Waals surface area contributed by atoms with E-state index in [9.17, 15) is 0 Å². The topological polar surface area (TPSA) is 3.24 Å². The first-order valence-electron chi connectivity index (χ1n) is 5.61. The Kier molecular flexibility index (Phi) is 2.62. The molecule has 0 amide bonds. The molecule has 2 heteroatoms. The fraction of sp³-hybridized carbons (Fsp3) is 0.0667. The summed E-state index contributed by atoms with van der Waals surface area (Å²) in [6.07, 6.45) is 4.14. The molecule has 1 aliphatic heterocycles. The van der Waals surface area contributed by atoms with Gasteiger partial charge in [0.25, 0.3) is 0 Å². The zero-order chi connectivity index (χ0) is 11.7. The maximum atomic E-state index is 6.52. The van der Waals surface area contributed by atoms with E-state index in [1.807, 2.05) is 36.5 Å². The number of fused-ring (bicyclic) bond motifs is 1. The lowest BCUT2D eigenvalue weighted by Crippen LogP contribution is -2.22. The maximum Gasteiger partial charge on any atom is 0.134 e. The van der Waals surface area contributed by atoms with Gasteiger partial charge in [0.1, 0.15) is 5.50 Å². The molecule has 0 aliphatic carbocycles. The number of hydrogen-bond acceptors (Lipinski definition) is 1. The highest BCUT2D eigenvalue weighted by atomic mass is 35.5. The standard InChI is InChI=1S/C15H12ClN/c16-15-14-9-5-4-6-12(14)10-11-17(15)13-7-2-1-3-8-13/h1-11,15H. The molecular formula is C15H12ClN. The van der Waals surface area contributed by atoms with Crippen molar-refractivity contribution in [1.29, 1.82) is 0 Å². The predicted octanol–water partition coefficient (Wildman–Crippen LogP) is 4.41. The molecule has 17 heavy (non-hydrogen) atoms. The molecule has 0 bridgehead atoms. The number of nitrogens with zero attached hydrogens (tertiary/aromatic N) is 1. The lowest BCUT2D eigenvalue weighted by atomic mass is 10.0. The first-order chi connectivity index (χ1) is 8.36. The fourth-order valence-electron chi connectivity index (χ4n) is 2.08. The molecule has 2 aromatic rings. The Morgan fingerprint density at radius 2 is 1.59 bits per heavy atom. The van der Waals surface area contributed by atoms with Crippen molar-refractivity contribution in [2.45, 2.75) is 5.50 Å². The monoisotopic (exact) mass is 241 g/mol. The van der Waals surface area contributed by atoms with Gasteiger partial charge in [0.15, 0.2) is 0 Å². The molecule has 1 unspecified atom stereocenters. The zero-order valence-corrected chi connectivity index (χ0v) is 10.0. The number of alkyl halides is 1. The van der Waals surface area contributed by atoms with Crippen LogP contribution in [0.1, 0.15) is 16.6 Å². The molecule has 84 valence electrons. The Balaban J connectivity index is 2.03. The highest BCUT2D eigenvalue weighted by Gasteiger charge is 2.21. The van der Waals surface area contributed by atoms with Crippen molar-refractivity contribution in [2.24, 2.45) is 0 Å². The summed E-state index contributed by atoms with van der Waals surface area (Å²) in [5, 5.41) is 0. The quantitative estimate of drug-likeness (QED) is 0.528. The van der Waals surface area contributed by atoms with Crippen molar-refractivity contribution in [1.82, 2.24) is 0 Å². The maximum absolute atomic E-state index is 6.52. The van der Waals surface area contributed by atoms with Crippen LogP contribution in [0.2, 0.25) is 0 Å². The van der Waals surface area contributed by atoms with Crippen LogP contribution in [0.25, 0.3) is 6.08 Å². The summed E-state index contributed by atoms with van der Waals surface area (Å²) < 4.78 is 0. The highest BCUT2D eigenvalue weighted by Crippen LogP contribution is 2.36. The predicted molar refractivity (Wildman–Crippen MR) is 73.0 cm³/mol. The van der Waals surface area contributed by atoms with E-state index < -0.39 is 0 Å². The van der Waals surface area contributed by atoms with E-state index in [0.717, 1.165) is 11.3 Å². The molecule has 0 saturated carbocycles. The zero-order valence-electron chi connectivity index (χ0n) is 9.25. The van der Waals surface area contributed by atoms with Gasteiger partial charge < -0.3 is 4.90 Å². The van der Waals surface area contributed by atoms with Gasteiger partial charge >= 0.3 is 0 Å². The number of halogens is 1. The van der Waals surface area contributed by atoms with Crippen molar-refractivity contribution in [3.8, 4) is 0 Å². The van der Waals surface area contributed by atoms with E-state index in [2.05, 4.69) is 35.2 Å². The summed E-state index contributed by atoms with van der Waals surface area (Å²) in [5.74, 6) is 0. The average molecular weight is 242 g/mol. The van der Waals surface area contributed by atoms with Crippen LogP contribution < -0.4 is 4.90 Å². The molecule has 2 aromatic carbocycles. The minimum atomic E-state index is -0.140. The van der Waals surface area contributed by atoms with Crippen LogP contribution >= 0.6 is 11.6 Å². The Morgan fingerprint density at radius 1 is 0.882 bits per heavy atom. The molecular weight excluding hydrogens is 230 g/mol. The lowest BCUT2D eigenvalue weighted by molar-refractivity contribution is 0.915. The van der Waals surface area contributed by atoms with E-state index in [4.69, 9.17) is 11.6 Å². The smallest absolute Gasteiger partial charge is 0.134 e. The molecule has 1 aliphatic rings. The van der Waals surface area contributed by atoms with Gasteiger partial charge in [-0.15, -0.1) is 0 Å². The molecule has 3 rings (SSSR count). The Hall–Kier alpha value is -1.73. The third-order valence-corrected chi connectivity index (χ3v) is 3.41. The van der Waals surface area contributed by atoms with Gasteiger partial charge in [-0.3, -0.25) is 0 Å². The number of anilines is 1. The summed E-state index contributed by atoms with van der Waals surface area (Å²) in [6.45, 7) is 0. The Morgan fingerprint density at radius 3 is 2.41 bits per heavy atom. The van der Waals surface area contributed by atoms with Gasteiger partial charge in [0.05, 0.1) is 0 Å². The van der Waals surface area contributed by atoms with Crippen molar-refractivity contribution < 1.29 is 0 Å². The van der Waals surface area contributed by atoms with Crippen LogP contribution in [-0.2, 0) is 0 Å². The van der Waals surface area contributed by atoms with Crippen molar-refractivity contribution in [3.05, 3.63) is 71.9 Å². The molecule has 0 N–H and O–H groups in total. The molecule has 1 nitrogen and oxygen atoms in total. The second kappa shape index (κ2) is 4.27. The first kappa shape index (κ1) is 10.4. The minimum absolute atomic E-state index is 0.140. The van der Waals surface area contributed by atoms with E-state index in [-0.39, 0.29) is 5.50 Å². The van der Waals surface area contributed by atoms with E-state index in [1.54, 1.807) is 0 Å². The SMILES string of the molecule is ClC1c2ccccc2C=CN1c1ccccc1. The average Bonchev–Trinajstić information content (AvgIpc) is 2.40. The van der Waals surface area contributed by atoms with Crippen LogP contribution in [0.15, 0.2) is 60.8 Å². The molecule has 1 heterocycles. The van der Waals surface area contributed by atoms with Crippen molar-refractivity contribution in [2.75, 3.05) is 4.90 Å². The Bertz CT molecular complexity index is 548. The van der Waals surface area contributed by atoms with Crippen LogP contribution in [-0.4, -0.2) is 0 Å². The summed E-state index contributed by atoms with van der Waals surface area (Å²) in [6, 6.07) is 18.4. The number of benzene rings is 2. The normalized spacial score (nSPS) is 17.9. The molecule has 0 spiro atoms. The number of para-hydroxylation sites is 1. The van der Waals surface area contributed by atoms with Crippen molar-refractivity contribution in [3.63, 3.8) is 0 Å². The third-order valence-electron chi connectivity index (χ3n) is 2.97. The molecule has 1 atom stereocenters. The molecule has 0 radical (unpaired) electrons. The van der Waals surface area contributed by atoms with E-state index in [0.29, 0.717) is 0 Å². The fourth-order valence-corrected chi connectivity index (χ4v) is 2.46. The summed E-state index contributed by atoms with van der Waals surface area (Å²) in [5.41, 5.74) is 3.32. The summed E-state index contributed by atoms with van der Waals surface area (Å²) in [7, 11) is 0. The second-order valence-electron chi connectivity index (χ2n) is 4.02. The number of rotatable bonds is 1. The van der Waals surface area contributed by atoms with Gasteiger partial charge in [-0.2, -0.15) is 0 Å². The highest BCUT2D eigenvalue weighted by molar-refractivity contribution is 6.22. The van der Waals surface area contributed by atoms with Gasteiger partial charge in [-0.05, 0) is 29.3 Å². The molecule has 0 fully saturated rings. The Labute approximate surface area is 106 Å². The number of hydrogen-bond donors (Lipinski definition) is 0. The second-order valence-corrected chi connectivity index (χ2v) is 4.44. The summed E-state index contributed by atoms with van der Waals surface area (Å²) >= 11 is 6.52. The first-order valence-corrected chi connectivity index (χ1v) is 6.04. The molecule has 0 aromatic heterocycles. The van der Waals surface area contributed by atoms with E-state index >= 15 is 0 Å². The van der Waals surface area contributed by atoms with Gasteiger partial charge in [0.2, 0.25) is 0 Å². The van der Waals surface area contributed by atoms with Gasteiger partial charge in [-0.25, -0.2) is 0 Å². The largest absolute Gasteiger partial charge is 0.327 e. The lowest BCUT2D eigenvalue weighted by Gasteiger charge is -2.30. The van der Waals surface area contributed by atoms with Gasteiger partial charge in [0, 0.05) is 11.9 Å².